The van der Waals surface area contributed by atoms with Gasteiger partial charge in [-0.15, -0.1) is 0 Å². The Bertz CT molecular complexity index is 420. The Hall–Kier alpha value is -2.11. The van der Waals surface area contributed by atoms with Crippen LogP contribution in [0.15, 0.2) is 24.5 Å². The van der Waals surface area contributed by atoms with Gasteiger partial charge in [0.1, 0.15) is 0 Å². The highest BCUT2D eigenvalue weighted by molar-refractivity contribution is 5.89. The molecule has 1 aromatic rings. The van der Waals surface area contributed by atoms with Crippen LogP contribution >= 0.6 is 0 Å². The predicted octanol–water partition coefficient (Wildman–Crippen LogP) is 1.95. The average Bonchev–Trinajstić information content (AvgIpc) is 2.35. The number of carbonyl (C=O) groups is 2. The summed E-state index contributed by atoms with van der Waals surface area (Å²) in [5.74, 6) is -1.20. The second-order valence-corrected chi connectivity index (χ2v) is 4.74. The molecule has 0 saturated carbocycles. The highest BCUT2D eigenvalue weighted by Crippen LogP contribution is 2.11. The second kappa shape index (κ2) is 7.35. The zero-order valence-corrected chi connectivity index (χ0v) is 11.1. The summed E-state index contributed by atoms with van der Waals surface area (Å²) in [7, 11) is 0. The van der Waals surface area contributed by atoms with Crippen molar-refractivity contribution in [2.75, 3.05) is 11.9 Å². The summed E-state index contributed by atoms with van der Waals surface area (Å²) >= 11 is 0. The first-order valence-electron chi connectivity index (χ1n) is 6.16. The van der Waals surface area contributed by atoms with Crippen LogP contribution in [0.25, 0.3) is 0 Å². The van der Waals surface area contributed by atoms with Gasteiger partial charge in [-0.25, -0.2) is 4.79 Å². The third-order valence-electron chi connectivity index (χ3n) is 2.53. The normalized spacial score (nSPS) is 11.9. The van der Waals surface area contributed by atoms with Gasteiger partial charge in [0.2, 0.25) is 0 Å². The van der Waals surface area contributed by atoms with Crippen LogP contribution in [0.4, 0.5) is 10.5 Å². The number of rotatable bonds is 6. The van der Waals surface area contributed by atoms with Crippen LogP contribution in [0.1, 0.15) is 20.3 Å². The summed E-state index contributed by atoms with van der Waals surface area (Å²) in [6.07, 6.45) is 3.65. The van der Waals surface area contributed by atoms with Crippen molar-refractivity contribution in [1.29, 1.82) is 0 Å². The maximum Gasteiger partial charge on any atom is 0.319 e. The highest BCUT2D eigenvalue weighted by Gasteiger charge is 2.19. The minimum absolute atomic E-state index is 0.111. The molecule has 6 heteroatoms. The molecule has 0 aliphatic heterocycles. The molecule has 6 nitrogen and oxygen atoms in total. The van der Waals surface area contributed by atoms with Gasteiger partial charge in [-0.3, -0.25) is 9.78 Å². The zero-order valence-electron chi connectivity index (χ0n) is 11.1. The fourth-order valence-corrected chi connectivity index (χ4v) is 1.67. The molecule has 0 radical (unpaired) electrons. The van der Waals surface area contributed by atoms with E-state index in [-0.39, 0.29) is 12.5 Å². The number of carboxylic acids is 1. The van der Waals surface area contributed by atoms with Gasteiger partial charge in [0.05, 0.1) is 17.8 Å². The lowest BCUT2D eigenvalue weighted by Gasteiger charge is -2.15. The number of carbonyl (C=O) groups excluding carboxylic acids is 1. The Balaban J connectivity index is 2.42. The molecule has 0 bridgehead atoms. The molecular formula is C13H19N3O3. The lowest BCUT2D eigenvalue weighted by atomic mass is 9.97. The topological polar surface area (TPSA) is 91.3 Å². The lowest BCUT2D eigenvalue weighted by molar-refractivity contribution is -0.142. The lowest BCUT2D eigenvalue weighted by Crippen LogP contribution is -2.36. The van der Waals surface area contributed by atoms with Gasteiger partial charge >= 0.3 is 12.0 Å². The van der Waals surface area contributed by atoms with Crippen LogP contribution in [0, 0.1) is 11.8 Å². The highest BCUT2D eigenvalue weighted by atomic mass is 16.4. The Labute approximate surface area is 112 Å². The molecule has 0 fully saturated rings. The van der Waals surface area contributed by atoms with Crippen molar-refractivity contribution < 1.29 is 14.7 Å². The molecule has 1 unspecified atom stereocenters. The summed E-state index contributed by atoms with van der Waals surface area (Å²) in [5.41, 5.74) is 0.565. The van der Waals surface area contributed by atoms with Crippen molar-refractivity contribution in [3.63, 3.8) is 0 Å². The number of urea groups is 1. The number of amides is 2. The largest absolute Gasteiger partial charge is 0.481 e. The van der Waals surface area contributed by atoms with Crippen molar-refractivity contribution in [2.24, 2.45) is 11.8 Å². The van der Waals surface area contributed by atoms with E-state index in [1.807, 2.05) is 13.8 Å². The van der Waals surface area contributed by atoms with Crippen LogP contribution in [0.3, 0.4) is 0 Å². The van der Waals surface area contributed by atoms with Gasteiger partial charge in [-0.05, 0) is 24.5 Å². The van der Waals surface area contributed by atoms with Crippen molar-refractivity contribution in [2.45, 2.75) is 20.3 Å². The Morgan fingerprint density at radius 3 is 2.68 bits per heavy atom. The minimum Gasteiger partial charge on any atom is -0.481 e. The van der Waals surface area contributed by atoms with Gasteiger partial charge in [0.15, 0.2) is 0 Å². The van der Waals surface area contributed by atoms with Crippen LogP contribution < -0.4 is 10.6 Å². The van der Waals surface area contributed by atoms with Crippen molar-refractivity contribution in [3.05, 3.63) is 24.5 Å². The molecule has 19 heavy (non-hydrogen) atoms. The van der Waals surface area contributed by atoms with Crippen molar-refractivity contribution in [3.8, 4) is 0 Å². The number of hydrogen-bond acceptors (Lipinski definition) is 3. The van der Waals surface area contributed by atoms with Crippen LogP contribution in [-0.2, 0) is 4.79 Å². The number of aromatic nitrogens is 1. The molecule has 0 spiro atoms. The number of aliphatic carboxylic acids is 1. The van der Waals surface area contributed by atoms with E-state index < -0.39 is 17.9 Å². The molecule has 1 rings (SSSR count). The van der Waals surface area contributed by atoms with E-state index in [0.29, 0.717) is 12.1 Å². The summed E-state index contributed by atoms with van der Waals surface area (Å²) in [4.78, 5) is 26.5. The van der Waals surface area contributed by atoms with Gasteiger partial charge in [0, 0.05) is 12.7 Å². The molecule has 1 aromatic heterocycles. The number of carboxylic acid groups (broad SMARTS) is 1. The predicted molar refractivity (Wildman–Crippen MR) is 71.8 cm³/mol. The standard InChI is InChI=1S/C13H19N3O3/c1-9(2)6-10(12(17)18)7-15-13(19)16-11-4-3-5-14-8-11/h3-5,8-10H,6-7H2,1-2H3,(H,17,18)(H2,15,16,19). The number of nitrogens with zero attached hydrogens (tertiary/aromatic N) is 1. The molecule has 0 saturated heterocycles. The molecule has 0 aliphatic carbocycles. The Kier molecular flexibility index (Phi) is 5.78. The van der Waals surface area contributed by atoms with E-state index in [1.54, 1.807) is 18.3 Å². The summed E-state index contributed by atoms with van der Waals surface area (Å²) in [6, 6.07) is 2.98. The fraction of sp³-hybridized carbons (Fsp3) is 0.462. The quantitative estimate of drug-likeness (QED) is 0.733. The van der Waals surface area contributed by atoms with Crippen LogP contribution in [-0.4, -0.2) is 28.6 Å². The smallest absolute Gasteiger partial charge is 0.319 e. The first kappa shape index (κ1) is 14.9. The molecule has 2 amide bonds. The molecule has 0 aromatic carbocycles. The van der Waals surface area contributed by atoms with E-state index in [0.717, 1.165) is 0 Å². The molecule has 3 N–H and O–H groups in total. The monoisotopic (exact) mass is 265 g/mol. The van der Waals surface area contributed by atoms with E-state index in [4.69, 9.17) is 5.11 Å². The summed E-state index contributed by atoms with van der Waals surface area (Å²) < 4.78 is 0. The van der Waals surface area contributed by atoms with Crippen LogP contribution in [0.2, 0.25) is 0 Å². The van der Waals surface area contributed by atoms with Gasteiger partial charge in [0.25, 0.3) is 0 Å². The Morgan fingerprint density at radius 1 is 1.42 bits per heavy atom. The first-order valence-corrected chi connectivity index (χ1v) is 6.16. The van der Waals surface area contributed by atoms with Gasteiger partial charge in [-0.1, -0.05) is 13.8 Å². The maximum absolute atomic E-state index is 11.6. The SMILES string of the molecule is CC(C)CC(CNC(=O)Nc1cccnc1)C(=O)O. The van der Waals surface area contributed by atoms with Gasteiger partial charge < -0.3 is 15.7 Å². The zero-order chi connectivity index (χ0) is 14.3. The van der Waals surface area contributed by atoms with E-state index in [1.165, 1.54) is 6.20 Å². The summed E-state index contributed by atoms with van der Waals surface area (Å²) in [6.45, 7) is 4.01. The van der Waals surface area contributed by atoms with E-state index in [2.05, 4.69) is 15.6 Å². The first-order chi connectivity index (χ1) is 8.99. The van der Waals surface area contributed by atoms with Gasteiger partial charge in [-0.2, -0.15) is 0 Å². The summed E-state index contributed by atoms with van der Waals surface area (Å²) in [5, 5.41) is 14.2. The van der Waals surface area contributed by atoms with E-state index >= 15 is 0 Å². The molecule has 1 atom stereocenters. The van der Waals surface area contributed by atoms with Crippen LogP contribution in [0.5, 0.6) is 0 Å². The number of hydrogen-bond donors (Lipinski definition) is 3. The molecule has 1 heterocycles. The minimum atomic E-state index is -0.893. The van der Waals surface area contributed by atoms with Crippen molar-refractivity contribution >= 4 is 17.7 Å². The fourth-order valence-electron chi connectivity index (χ4n) is 1.67. The number of nitrogens with one attached hydrogen (secondary N) is 2. The Morgan fingerprint density at radius 2 is 2.16 bits per heavy atom. The maximum atomic E-state index is 11.6. The average molecular weight is 265 g/mol. The number of anilines is 1. The molecule has 104 valence electrons. The third kappa shape index (κ3) is 5.85. The molecule has 0 aliphatic rings. The third-order valence-corrected chi connectivity index (χ3v) is 2.53. The number of pyridine rings is 1. The van der Waals surface area contributed by atoms with E-state index in [9.17, 15) is 9.59 Å². The molecular weight excluding hydrogens is 246 g/mol. The second-order valence-electron chi connectivity index (χ2n) is 4.74. The van der Waals surface area contributed by atoms with Crippen molar-refractivity contribution in [1.82, 2.24) is 10.3 Å².